The Hall–Kier alpha value is -1.62. The van der Waals surface area contributed by atoms with Gasteiger partial charge in [-0.1, -0.05) is 19.2 Å². The first kappa shape index (κ1) is 9.38. The van der Waals surface area contributed by atoms with E-state index in [1.54, 1.807) is 24.4 Å². The average molecular weight is 146 g/mol. The first-order valence-electron chi connectivity index (χ1n) is 3.18. The molecule has 0 unspecified atom stereocenters. The van der Waals surface area contributed by atoms with Gasteiger partial charge in [0.2, 0.25) is 0 Å². The Balaban J connectivity index is 4.13. The molecule has 0 spiro atoms. The summed E-state index contributed by atoms with van der Waals surface area (Å²) in [5.41, 5.74) is 0.672. The highest BCUT2D eigenvalue weighted by molar-refractivity contribution is 5.96. The molecule has 0 fully saturated rings. The summed E-state index contributed by atoms with van der Waals surface area (Å²) < 4.78 is 0. The van der Waals surface area contributed by atoms with Crippen LogP contribution in [0.2, 0.25) is 0 Å². The van der Waals surface area contributed by atoms with Gasteiger partial charge in [0.1, 0.15) is 0 Å². The second-order valence-corrected chi connectivity index (χ2v) is 1.74. The predicted octanol–water partition coefficient (Wildman–Crippen LogP) is 2.23. The van der Waals surface area contributed by atoms with Crippen molar-refractivity contribution in [3.8, 4) is 6.07 Å². The Labute approximate surface area is 66.9 Å². The van der Waals surface area contributed by atoms with Crippen LogP contribution in [0.15, 0.2) is 42.6 Å². The van der Waals surface area contributed by atoms with Crippen LogP contribution in [-0.4, -0.2) is 5.71 Å². The molecule has 0 aromatic carbocycles. The molecule has 0 aliphatic rings. The molecule has 2 heteroatoms. The van der Waals surface area contributed by atoms with E-state index in [2.05, 4.69) is 18.2 Å². The molecule has 2 nitrogen and oxygen atoms in total. The summed E-state index contributed by atoms with van der Waals surface area (Å²) in [4.78, 5) is 3.95. The maximum Gasteiger partial charge on any atom is 0.0774 e. The molecule has 0 aliphatic heterocycles. The van der Waals surface area contributed by atoms with Crippen molar-refractivity contribution in [2.45, 2.75) is 6.42 Å². The number of aliphatic imine (C=N–C) groups is 1. The predicted molar refractivity (Wildman–Crippen MR) is 47.2 cm³/mol. The topological polar surface area (TPSA) is 36.1 Å². The Kier molecular flexibility index (Phi) is 5.54. The van der Waals surface area contributed by atoms with Crippen molar-refractivity contribution < 1.29 is 0 Å². The SMILES string of the molecule is C=C/C=C\N=C(C=C)CC#N. The van der Waals surface area contributed by atoms with Gasteiger partial charge in [0, 0.05) is 6.20 Å². The van der Waals surface area contributed by atoms with Crippen LogP contribution in [0, 0.1) is 11.3 Å². The van der Waals surface area contributed by atoms with Crippen LogP contribution < -0.4 is 0 Å². The van der Waals surface area contributed by atoms with Gasteiger partial charge in [-0.2, -0.15) is 5.26 Å². The number of hydrogen-bond donors (Lipinski definition) is 0. The van der Waals surface area contributed by atoms with Gasteiger partial charge in [0.05, 0.1) is 18.2 Å². The van der Waals surface area contributed by atoms with Gasteiger partial charge in [-0.05, 0) is 12.2 Å². The molecule has 0 aromatic rings. The van der Waals surface area contributed by atoms with Gasteiger partial charge < -0.3 is 0 Å². The van der Waals surface area contributed by atoms with E-state index in [1.807, 2.05) is 6.07 Å². The van der Waals surface area contributed by atoms with Crippen molar-refractivity contribution in [3.05, 3.63) is 37.6 Å². The van der Waals surface area contributed by atoms with Gasteiger partial charge in [-0.25, -0.2) is 0 Å². The van der Waals surface area contributed by atoms with Crippen molar-refractivity contribution in [3.63, 3.8) is 0 Å². The van der Waals surface area contributed by atoms with Crippen LogP contribution in [0.1, 0.15) is 6.42 Å². The fourth-order valence-corrected chi connectivity index (χ4v) is 0.451. The second kappa shape index (κ2) is 6.50. The molecular weight excluding hydrogens is 136 g/mol. The summed E-state index contributed by atoms with van der Waals surface area (Å²) in [5.74, 6) is 0. The highest BCUT2D eigenvalue weighted by Gasteiger charge is 1.87. The van der Waals surface area contributed by atoms with Gasteiger partial charge in [0.15, 0.2) is 0 Å². The van der Waals surface area contributed by atoms with Crippen molar-refractivity contribution in [2.75, 3.05) is 0 Å². The van der Waals surface area contributed by atoms with E-state index in [4.69, 9.17) is 5.26 Å². The third-order valence-electron chi connectivity index (χ3n) is 0.958. The van der Waals surface area contributed by atoms with E-state index < -0.39 is 0 Å². The summed E-state index contributed by atoms with van der Waals surface area (Å²) in [6, 6.07) is 1.98. The number of hydrogen-bond acceptors (Lipinski definition) is 2. The van der Waals surface area contributed by atoms with E-state index >= 15 is 0 Å². The summed E-state index contributed by atoms with van der Waals surface area (Å²) in [6.45, 7) is 7.00. The molecule has 0 saturated heterocycles. The number of nitriles is 1. The van der Waals surface area contributed by atoms with Crippen LogP contribution >= 0.6 is 0 Å². The Morgan fingerprint density at radius 2 is 2.27 bits per heavy atom. The zero-order valence-electron chi connectivity index (χ0n) is 6.33. The average Bonchev–Trinajstić information content (AvgIpc) is 2.03. The lowest BCUT2D eigenvalue weighted by Crippen LogP contribution is -1.88. The molecule has 56 valence electrons. The van der Waals surface area contributed by atoms with Crippen molar-refractivity contribution >= 4 is 5.71 Å². The molecule has 0 radical (unpaired) electrons. The molecule has 0 atom stereocenters. The van der Waals surface area contributed by atoms with Crippen LogP contribution in [0.25, 0.3) is 0 Å². The first-order valence-corrected chi connectivity index (χ1v) is 3.18. The quantitative estimate of drug-likeness (QED) is 0.442. The minimum absolute atomic E-state index is 0.297. The first-order chi connectivity index (χ1) is 5.35. The van der Waals surface area contributed by atoms with Crippen LogP contribution in [0.3, 0.4) is 0 Å². The van der Waals surface area contributed by atoms with E-state index in [0.717, 1.165) is 0 Å². The maximum atomic E-state index is 8.30. The molecule has 0 aliphatic carbocycles. The van der Waals surface area contributed by atoms with Crippen LogP contribution in [0.5, 0.6) is 0 Å². The maximum absolute atomic E-state index is 8.30. The summed E-state index contributed by atoms with van der Waals surface area (Å²) in [7, 11) is 0. The molecule has 0 rings (SSSR count). The number of allylic oxidation sites excluding steroid dienone is 3. The number of nitrogens with zero attached hydrogens (tertiary/aromatic N) is 2. The molecule has 0 aromatic heterocycles. The van der Waals surface area contributed by atoms with Gasteiger partial charge in [-0.15, -0.1) is 0 Å². The smallest absolute Gasteiger partial charge is 0.0774 e. The van der Waals surface area contributed by atoms with Gasteiger partial charge >= 0.3 is 0 Å². The van der Waals surface area contributed by atoms with Crippen LogP contribution in [0.4, 0.5) is 0 Å². The van der Waals surface area contributed by atoms with Crippen molar-refractivity contribution in [1.82, 2.24) is 0 Å². The molecule has 0 heterocycles. The molecule has 0 amide bonds. The molecule has 0 bridgehead atoms. The largest absolute Gasteiger partial charge is 0.260 e. The summed E-state index contributed by atoms with van der Waals surface area (Å²) in [5, 5.41) is 8.30. The Bertz CT molecular complexity index is 228. The molecular formula is C9H10N2. The zero-order chi connectivity index (χ0) is 8.53. The lowest BCUT2D eigenvalue weighted by molar-refractivity contribution is 1.38. The van der Waals surface area contributed by atoms with E-state index in [-0.39, 0.29) is 0 Å². The van der Waals surface area contributed by atoms with E-state index in [1.165, 1.54) is 0 Å². The minimum atomic E-state index is 0.297. The zero-order valence-corrected chi connectivity index (χ0v) is 6.33. The minimum Gasteiger partial charge on any atom is -0.260 e. The monoisotopic (exact) mass is 146 g/mol. The normalized spacial score (nSPS) is 11.0. The molecule has 11 heavy (non-hydrogen) atoms. The summed E-state index contributed by atoms with van der Waals surface area (Å²) >= 11 is 0. The number of rotatable bonds is 4. The Morgan fingerprint density at radius 1 is 1.55 bits per heavy atom. The van der Waals surface area contributed by atoms with E-state index in [9.17, 15) is 0 Å². The Morgan fingerprint density at radius 3 is 2.73 bits per heavy atom. The van der Waals surface area contributed by atoms with Crippen molar-refractivity contribution in [2.24, 2.45) is 4.99 Å². The third-order valence-corrected chi connectivity index (χ3v) is 0.958. The third kappa shape index (κ3) is 4.86. The highest BCUT2D eigenvalue weighted by atomic mass is 14.7. The fraction of sp³-hybridized carbons (Fsp3) is 0.111. The molecule has 0 saturated carbocycles. The fourth-order valence-electron chi connectivity index (χ4n) is 0.451. The lowest BCUT2D eigenvalue weighted by Gasteiger charge is -1.87. The molecule has 0 N–H and O–H groups in total. The standard InChI is InChI=1S/C9H10N2/c1-3-5-8-11-9(4-2)6-7-10/h3-5,8H,1-2,6H2/b8-5-,11-9?. The van der Waals surface area contributed by atoms with Crippen LogP contribution in [-0.2, 0) is 0 Å². The van der Waals surface area contributed by atoms with Gasteiger partial charge in [-0.3, -0.25) is 4.99 Å². The second-order valence-electron chi connectivity index (χ2n) is 1.74. The lowest BCUT2D eigenvalue weighted by atomic mass is 10.3. The summed E-state index contributed by atoms with van der Waals surface area (Å²) in [6.07, 6.45) is 6.76. The highest BCUT2D eigenvalue weighted by Crippen LogP contribution is 1.88. The van der Waals surface area contributed by atoms with E-state index in [0.29, 0.717) is 12.1 Å². The van der Waals surface area contributed by atoms with Crippen molar-refractivity contribution in [1.29, 1.82) is 5.26 Å². The van der Waals surface area contributed by atoms with Gasteiger partial charge in [0.25, 0.3) is 0 Å².